The van der Waals surface area contributed by atoms with E-state index in [-0.39, 0.29) is 11.8 Å². The van der Waals surface area contributed by atoms with Crippen molar-refractivity contribution in [3.63, 3.8) is 0 Å². The average Bonchev–Trinajstić information content (AvgIpc) is 2.81. The molecule has 1 saturated heterocycles. The quantitative estimate of drug-likeness (QED) is 0.788. The van der Waals surface area contributed by atoms with Gasteiger partial charge < -0.3 is 15.1 Å². The molecule has 2 N–H and O–H groups in total. The Morgan fingerprint density at radius 1 is 1.55 bits per heavy atom. The second kappa shape index (κ2) is 7.06. The van der Waals surface area contributed by atoms with Crippen LogP contribution in [-0.2, 0) is 16.1 Å². The Kier molecular flexibility index (Phi) is 5.39. The van der Waals surface area contributed by atoms with Crippen LogP contribution in [0.5, 0.6) is 0 Å². The molecule has 1 aliphatic rings. The van der Waals surface area contributed by atoms with E-state index in [9.17, 15) is 9.59 Å². The van der Waals surface area contributed by atoms with E-state index in [0.717, 1.165) is 20.7 Å². The van der Waals surface area contributed by atoms with Gasteiger partial charge in [0.1, 0.15) is 0 Å². The fraction of sp³-hybridized carbons (Fsp3) is 0.538. The topological polar surface area (TPSA) is 53.9 Å². The summed E-state index contributed by atoms with van der Waals surface area (Å²) >= 11 is 7.40. The number of thiophene rings is 1. The molecule has 1 aliphatic heterocycles. The molecule has 0 spiro atoms. The molecule has 1 atom stereocenters. The highest BCUT2D eigenvalue weighted by Crippen LogP contribution is 2.22. The van der Waals surface area contributed by atoms with E-state index >= 15 is 0 Å². The fourth-order valence-corrected chi connectivity index (χ4v) is 3.34. The summed E-state index contributed by atoms with van der Waals surface area (Å²) in [6.45, 7) is 5.42. The molecular weight excluding hydrogens is 298 g/mol. The third kappa shape index (κ3) is 4.19. The molecule has 1 unspecified atom stereocenters. The van der Waals surface area contributed by atoms with Gasteiger partial charge in [-0.1, -0.05) is 11.6 Å². The van der Waals surface area contributed by atoms with Crippen LogP contribution in [-0.4, -0.2) is 49.4 Å². The largest absolute Gasteiger partial charge is 0.346 e. The lowest BCUT2D eigenvalue weighted by molar-refractivity contribution is -0.885. The van der Waals surface area contributed by atoms with Crippen molar-refractivity contribution in [2.75, 3.05) is 32.7 Å². The minimum absolute atomic E-state index is 0.0205. The second-order valence-electron chi connectivity index (χ2n) is 4.82. The van der Waals surface area contributed by atoms with Crippen molar-refractivity contribution in [2.45, 2.75) is 13.5 Å². The lowest BCUT2D eigenvalue weighted by Gasteiger charge is -2.26. The van der Waals surface area contributed by atoms with Crippen LogP contribution in [0.4, 0.5) is 0 Å². The van der Waals surface area contributed by atoms with Crippen molar-refractivity contribution in [3.05, 3.63) is 21.3 Å². The molecular formula is C13H19ClN3O2S+. The van der Waals surface area contributed by atoms with E-state index < -0.39 is 0 Å². The Balaban J connectivity index is 1.89. The first-order valence-electron chi connectivity index (χ1n) is 6.70. The number of likely N-dealkylation sites (N-methyl/N-ethyl adjacent to an activating group) is 1. The van der Waals surface area contributed by atoms with E-state index in [1.165, 1.54) is 11.3 Å². The zero-order valence-corrected chi connectivity index (χ0v) is 13.0. The fourth-order valence-electron chi connectivity index (χ4n) is 2.23. The number of carbonyl (C=O) groups excluding carboxylic acids is 2. The Morgan fingerprint density at radius 2 is 2.35 bits per heavy atom. The van der Waals surface area contributed by atoms with Crippen LogP contribution < -0.4 is 10.2 Å². The number of nitrogens with one attached hydrogen (secondary N) is 2. The minimum Gasteiger partial charge on any atom is -0.346 e. The first-order valence-corrected chi connectivity index (χ1v) is 7.90. The van der Waals surface area contributed by atoms with Gasteiger partial charge in [0, 0.05) is 11.4 Å². The summed E-state index contributed by atoms with van der Waals surface area (Å²) in [4.78, 5) is 27.5. The van der Waals surface area contributed by atoms with Gasteiger partial charge in [-0.25, -0.2) is 0 Å². The van der Waals surface area contributed by atoms with Gasteiger partial charge in [0.15, 0.2) is 13.1 Å². The third-order valence-electron chi connectivity index (χ3n) is 3.32. The van der Waals surface area contributed by atoms with E-state index in [1.807, 2.05) is 24.0 Å². The van der Waals surface area contributed by atoms with Crippen molar-refractivity contribution < 1.29 is 14.5 Å². The van der Waals surface area contributed by atoms with Crippen LogP contribution in [0.15, 0.2) is 12.1 Å². The zero-order valence-electron chi connectivity index (χ0n) is 11.4. The SMILES string of the molecule is CCN(Cc1ccc(Cl)s1)C(=O)C[NH+]1CCNC(=O)C1. The first kappa shape index (κ1) is 15.3. The summed E-state index contributed by atoms with van der Waals surface area (Å²) in [7, 11) is 0. The van der Waals surface area contributed by atoms with Crippen LogP contribution >= 0.6 is 22.9 Å². The normalized spacial score (nSPS) is 18.7. The van der Waals surface area contributed by atoms with Crippen molar-refractivity contribution in [1.29, 1.82) is 0 Å². The number of quaternary nitrogens is 1. The molecule has 0 aliphatic carbocycles. The van der Waals surface area contributed by atoms with Crippen LogP contribution in [0.2, 0.25) is 4.34 Å². The van der Waals surface area contributed by atoms with E-state index in [2.05, 4.69) is 5.32 Å². The highest BCUT2D eigenvalue weighted by Gasteiger charge is 2.24. The average molecular weight is 317 g/mol. The lowest BCUT2D eigenvalue weighted by Crippen LogP contribution is -3.16. The summed E-state index contributed by atoms with van der Waals surface area (Å²) in [5, 5.41) is 2.77. The van der Waals surface area contributed by atoms with Crippen LogP contribution in [0, 0.1) is 0 Å². The van der Waals surface area contributed by atoms with Crippen LogP contribution in [0.1, 0.15) is 11.8 Å². The van der Waals surface area contributed by atoms with Crippen molar-refractivity contribution >= 4 is 34.8 Å². The maximum absolute atomic E-state index is 12.3. The maximum atomic E-state index is 12.3. The molecule has 110 valence electrons. The predicted molar refractivity (Wildman–Crippen MR) is 79.0 cm³/mol. The van der Waals surface area contributed by atoms with Gasteiger partial charge >= 0.3 is 0 Å². The first-order chi connectivity index (χ1) is 9.58. The van der Waals surface area contributed by atoms with Gasteiger partial charge in [-0.3, -0.25) is 9.59 Å². The zero-order chi connectivity index (χ0) is 14.5. The van der Waals surface area contributed by atoms with Crippen molar-refractivity contribution in [2.24, 2.45) is 0 Å². The molecule has 7 heteroatoms. The van der Waals surface area contributed by atoms with E-state index in [0.29, 0.717) is 32.7 Å². The van der Waals surface area contributed by atoms with Crippen molar-refractivity contribution in [1.82, 2.24) is 10.2 Å². The Bertz CT molecular complexity index is 492. The summed E-state index contributed by atoms with van der Waals surface area (Å²) in [6.07, 6.45) is 0. The molecule has 0 saturated carbocycles. The van der Waals surface area contributed by atoms with Gasteiger partial charge in [0.05, 0.1) is 24.0 Å². The molecule has 1 fully saturated rings. The smallest absolute Gasteiger partial charge is 0.278 e. The van der Waals surface area contributed by atoms with E-state index in [1.54, 1.807) is 0 Å². The molecule has 20 heavy (non-hydrogen) atoms. The Labute approximate surface area is 127 Å². The summed E-state index contributed by atoms with van der Waals surface area (Å²) < 4.78 is 0.738. The van der Waals surface area contributed by atoms with Gasteiger partial charge in [0.25, 0.3) is 11.8 Å². The Hall–Kier alpha value is -1.11. The molecule has 0 radical (unpaired) electrons. The highest BCUT2D eigenvalue weighted by molar-refractivity contribution is 7.16. The standard InChI is InChI=1S/C13H18ClN3O2S/c1-2-17(7-10-3-4-11(14)20-10)13(19)9-16-6-5-15-12(18)8-16/h3-4H,2,5-9H2,1H3,(H,15,18)/p+1. The minimum atomic E-state index is 0.0205. The van der Waals surface area contributed by atoms with Gasteiger partial charge in [-0.15, -0.1) is 11.3 Å². The number of carbonyl (C=O) groups is 2. The number of piperazine rings is 1. The summed E-state index contributed by atoms with van der Waals surface area (Å²) in [5.74, 6) is 0.105. The number of hydrogen-bond donors (Lipinski definition) is 2. The van der Waals surface area contributed by atoms with Crippen LogP contribution in [0.25, 0.3) is 0 Å². The second-order valence-corrected chi connectivity index (χ2v) is 6.62. The van der Waals surface area contributed by atoms with Gasteiger partial charge in [0.2, 0.25) is 0 Å². The summed E-state index contributed by atoms with van der Waals surface area (Å²) in [6, 6.07) is 3.80. The Morgan fingerprint density at radius 3 is 2.95 bits per heavy atom. The molecule has 2 rings (SSSR count). The molecule has 5 nitrogen and oxygen atoms in total. The predicted octanol–water partition coefficient (Wildman–Crippen LogP) is -0.235. The molecule has 0 bridgehead atoms. The van der Waals surface area contributed by atoms with E-state index in [4.69, 9.17) is 11.6 Å². The third-order valence-corrected chi connectivity index (χ3v) is 4.54. The number of halogens is 1. The molecule has 2 amide bonds. The van der Waals surface area contributed by atoms with Crippen LogP contribution in [0.3, 0.4) is 0 Å². The number of rotatable bonds is 5. The molecule has 2 heterocycles. The monoisotopic (exact) mass is 316 g/mol. The van der Waals surface area contributed by atoms with Gasteiger partial charge in [-0.2, -0.15) is 0 Å². The highest BCUT2D eigenvalue weighted by atomic mass is 35.5. The number of nitrogens with zero attached hydrogens (tertiary/aromatic N) is 1. The number of hydrogen-bond acceptors (Lipinski definition) is 3. The number of amides is 2. The molecule has 0 aromatic carbocycles. The lowest BCUT2D eigenvalue weighted by atomic mass is 10.3. The van der Waals surface area contributed by atoms with Crippen molar-refractivity contribution in [3.8, 4) is 0 Å². The molecule has 1 aromatic heterocycles. The summed E-state index contributed by atoms with van der Waals surface area (Å²) in [5.41, 5.74) is 0. The maximum Gasteiger partial charge on any atom is 0.278 e. The van der Waals surface area contributed by atoms with Gasteiger partial charge in [-0.05, 0) is 19.1 Å². The molecule has 1 aromatic rings.